The summed E-state index contributed by atoms with van der Waals surface area (Å²) in [6.07, 6.45) is 0.990. The molecule has 0 aliphatic heterocycles. The number of hydrogen-bond donors (Lipinski definition) is 2. The Balaban J connectivity index is 2.32. The Morgan fingerprint density at radius 2 is 1.94 bits per heavy atom. The monoisotopic (exact) mass is 224 g/mol. The highest BCUT2D eigenvalue weighted by atomic mass is 19.1. The van der Waals surface area contributed by atoms with Gasteiger partial charge in [0.15, 0.2) is 0 Å². The maximum atomic E-state index is 12.6. The molecule has 0 fully saturated rings. The molecule has 2 N–H and O–H groups in total. The van der Waals surface area contributed by atoms with Gasteiger partial charge < -0.3 is 0 Å². The summed E-state index contributed by atoms with van der Waals surface area (Å²) in [6.45, 7) is 4.96. The third kappa shape index (κ3) is 4.40. The van der Waals surface area contributed by atoms with Gasteiger partial charge in [-0.2, -0.15) is 0 Å². The molecule has 0 bridgehead atoms. The Morgan fingerprint density at radius 1 is 1.31 bits per heavy atom. The molecule has 0 spiro atoms. The van der Waals surface area contributed by atoms with E-state index in [-0.39, 0.29) is 11.7 Å². The van der Waals surface area contributed by atoms with Gasteiger partial charge in [0.05, 0.1) is 0 Å². The lowest BCUT2D eigenvalue weighted by molar-refractivity contribution is 0.0932. The molecule has 88 valence electrons. The number of carbonyl (C=O) groups excluding carboxylic acids is 1. The summed E-state index contributed by atoms with van der Waals surface area (Å²) in [5.41, 5.74) is 5.84. The molecule has 0 radical (unpaired) electrons. The lowest BCUT2D eigenvalue weighted by Gasteiger charge is -2.08. The fourth-order valence-electron chi connectivity index (χ4n) is 1.18. The zero-order valence-electron chi connectivity index (χ0n) is 9.59. The molecule has 3 nitrogen and oxygen atoms in total. The van der Waals surface area contributed by atoms with Crippen molar-refractivity contribution < 1.29 is 9.18 Å². The fraction of sp³-hybridized carbons (Fsp3) is 0.417. The first-order valence-corrected chi connectivity index (χ1v) is 5.38. The van der Waals surface area contributed by atoms with Gasteiger partial charge in [-0.3, -0.25) is 10.2 Å². The van der Waals surface area contributed by atoms with E-state index >= 15 is 0 Å². The third-order valence-corrected chi connectivity index (χ3v) is 2.16. The van der Waals surface area contributed by atoms with Gasteiger partial charge in [-0.15, -0.1) is 0 Å². The molecule has 4 heteroatoms. The van der Waals surface area contributed by atoms with Gasteiger partial charge in [0.25, 0.3) is 5.91 Å². The molecule has 1 amide bonds. The van der Waals surface area contributed by atoms with E-state index in [1.807, 2.05) is 0 Å². The van der Waals surface area contributed by atoms with Crippen molar-refractivity contribution in [2.45, 2.75) is 20.3 Å². The maximum absolute atomic E-state index is 12.6. The largest absolute Gasteiger partial charge is 0.287 e. The van der Waals surface area contributed by atoms with Crippen molar-refractivity contribution in [2.24, 2.45) is 5.92 Å². The second-order valence-corrected chi connectivity index (χ2v) is 4.07. The molecule has 0 saturated heterocycles. The molecule has 1 aromatic rings. The number of halogens is 1. The second-order valence-electron chi connectivity index (χ2n) is 4.07. The van der Waals surface area contributed by atoms with Crippen molar-refractivity contribution in [3.05, 3.63) is 35.6 Å². The van der Waals surface area contributed by atoms with E-state index in [2.05, 4.69) is 24.7 Å². The van der Waals surface area contributed by atoms with Gasteiger partial charge in [0.2, 0.25) is 0 Å². The first-order valence-electron chi connectivity index (χ1n) is 5.38. The van der Waals surface area contributed by atoms with Crippen molar-refractivity contribution in [3.8, 4) is 0 Å². The van der Waals surface area contributed by atoms with Crippen LogP contribution in [0.1, 0.15) is 30.6 Å². The Labute approximate surface area is 95.0 Å². The standard InChI is InChI=1S/C12H17FN2O/c1-9(2)7-8-14-15-12(16)10-3-5-11(13)6-4-10/h3-6,9,14H,7-8H2,1-2H3,(H,15,16). The second kappa shape index (κ2) is 6.23. The molecule has 0 unspecified atom stereocenters. The smallest absolute Gasteiger partial charge is 0.265 e. The number of rotatable bonds is 5. The van der Waals surface area contributed by atoms with Crippen LogP contribution < -0.4 is 10.9 Å². The Bertz CT molecular complexity index is 335. The number of benzene rings is 1. The number of hydrazine groups is 1. The Morgan fingerprint density at radius 3 is 2.50 bits per heavy atom. The first-order chi connectivity index (χ1) is 7.59. The van der Waals surface area contributed by atoms with Crippen LogP contribution in [-0.4, -0.2) is 12.5 Å². The van der Waals surface area contributed by atoms with E-state index < -0.39 is 0 Å². The molecule has 1 aromatic carbocycles. The third-order valence-electron chi connectivity index (χ3n) is 2.16. The highest BCUT2D eigenvalue weighted by Gasteiger charge is 2.04. The minimum atomic E-state index is -0.343. The number of amides is 1. The lowest BCUT2D eigenvalue weighted by Crippen LogP contribution is -2.38. The van der Waals surface area contributed by atoms with Gasteiger partial charge >= 0.3 is 0 Å². The minimum absolute atomic E-state index is 0.247. The quantitative estimate of drug-likeness (QED) is 0.594. The van der Waals surface area contributed by atoms with E-state index in [9.17, 15) is 9.18 Å². The van der Waals surface area contributed by atoms with Gasteiger partial charge in [-0.25, -0.2) is 9.82 Å². The van der Waals surface area contributed by atoms with Crippen LogP contribution in [-0.2, 0) is 0 Å². The zero-order chi connectivity index (χ0) is 12.0. The molecule has 0 aliphatic carbocycles. The Hall–Kier alpha value is -1.42. The van der Waals surface area contributed by atoms with Crippen LogP contribution in [0.15, 0.2) is 24.3 Å². The number of carbonyl (C=O) groups is 1. The minimum Gasteiger partial charge on any atom is -0.287 e. The number of nitrogens with one attached hydrogen (secondary N) is 2. The van der Waals surface area contributed by atoms with Crippen molar-refractivity contribution in [3.63, 3.8) is 0 Å². The van der Waals surface area contributed by atoms with E-state index in [1.54, 1.807) is 0 Å². The molecule has 1 rings (SSSR count). The summed E-state index contributed by atoms with van der Waals surface area (Å²) in [4.78, 5) is 11.5. The SMILES string of the molecule is CC(C)CCNNC(=O)c1ccc(F)cc1. The molecule has 0 heterocycles. The van der Waals surface area contributed by atoms with E-state index in [4.69, 9.17) is 0 Å². The maximum Gasteiger partial charge on any atom is 0.265 e. The van der Waals surface area contributed by atoms with Crippen LogP contribution in [0.5, 0.6) is 0 Å². The normalized spacial score (nSPS) is 10.5. The van der Waals surface area contributed by atoms with Gasteiger partial charge in [-0.05, 0) is 36.6 Å². The molecule has 0 atom stereocenters. The van der Waals surface area contributed by atoms with Gasteiger partial charge in [0, 0.05) is 12.1 Å². The summed E-state index contributed by atoms with van der Waals surface area (Å²) in [5, 5.41) is 0. The average molecular weight is 224 g/mol. The Kier molecular flexibility index (Phi) is 4.92. The van der Waals surface area contributed by atoms with Crippen LogP contribution in [0.3, 0.4) is 0 Å². The van der Waals surface area contributed by atoms with Gasteiger partial charge in [-0.1, -0.05) is 13.8 Å². The van der Waals surface area contributed by atoms with Crippen LogP contribution in [0, 0.1) is 11.7 Å². The van der Waals surface area contributed by atoms with Crippen LogP contribution in [0.2, 0.25) is 0 Å². The van der Waals surface area contributed by atoms with Crippen molar-refractivity contribution in [1.82, 2.24) is 10.9 Å². The van der Waals surface area contributed by atoms with Crippen molar-refractivity contribution in [1.29, 1.82) is 0 Å². The van der Waals surface area contributed by atoms with Crippen LogP contribution in [0.4, 0.5) is 4.39 Å². The summed E-state index contributed by atoms with van der Waals surface area (Å²) >= 11 is 0. The van der Waals surface area contributed by atoms with Gasteiger partial charge in [0.1, 0.15) is 5.82 Å². The molecule has 0 aromatic heterocycles. The van der Waals surface area contributed by atoms with E-state index in [0.717, 1.165) is 13.0 Å². The highest BCUT2D eigenvalue weighted by Crippen LogP contribution is 2.02. The van der Waals surface area contributed by atoms with E-state index in [1.165, 1.54) is 24.3 Å². The summed E-state index contributed by atoms with van der Waals surface area (Å²) < 4.78 is 12.6. The lowest BCUT2D eigenvalue weighted by atomic mass is 10.1. The summed E-state index contributed by atoms with van der Waals surface area (Å²) in [5.74, 6) is 0.00305. The van der Waals surface area contributed by atoms with E-state index in [0.29, 0.717) is 11.5 Å². The average Bonchev–Trinajstić information content (AvgIpc) is 2.25. The van der Waals surface area contributed by atoms with Crippen molar-refractivity contribution >= 4 is 5.91 Å². The van der Waals surface area contributed by atoms with Crippen LogP contribution in [0.25, 0.3) is 0 Å². The first kappa shape index (κ1) is 12.6. The molecular weight excluding hydrogens is 207 g/mol. The molecular formula is C12H17FN2O. The predicted octanol–water partition coefficient (Wildman–Crippen LogP) is 2.11. The molecule has 16 heavy (non-hydrogen) atoms. The van der Waals surface area contributed by atoms with Crippen LogP contribution >= 0.6 is 0 Å². The predicted molar refractivity (Wildman–Crippen MR) is 61.3 cm³/mol. The fourth-order valence-corrected chi connectivity index (χ4v) is 1.18. The highest BCUT2D eigenvalue weighted by molar-refractivity contribution is 5.93. The van der Waals surface area contributed by atoms with Crippen molar-refractivity contribution in [2.75, 3.05) is 6.54 Å². The molecule has 0 saturated carbocycles. The zero-order valence-corrected chi connectivity index (χ0v) is 9.59. The summed E-state index contributed by atoms with van der Waals surface area (Å²) in [6, 6.07) is 5.44. The summed E-state index contributed by atoms with van der Waals surface area (Å²) in [7, 11) is 0. The molecule has 0 aliphatic rings. The topological polar surface area (TPSA) is 41.1 Å². The number of hydrogen-bond acceptors (Lipinski definition) is 2.